The largest absolute Gasteiger partial charge is 0.516 e. The fraction of sp³-hybridized carbons (Fsp3) is 0.750. The number of aliphatic hydroxyl groups is 1. The molecule has 0 bridgehead atoms. The van der Waals surface area contributed by atoms with Crippen molar-refractivity contribution in [2.45, 2.75) is 45.6 Å². The molecule has 0 saturated carbocycles. The summed E-state index contributed by atoms with van der Waals surface area (Å²) >= 11 is 0. The number of nitrogens with zero attached hydrogens (tertiary/aromatic N) is 1. The van der Waals surface area contributed by atoms with E-state index < -0.39 is 0 Å². The second-order valence-electron chi connectivity index (χ2n) is 4.71. The second-order valence-corrected chi connectivity index (χ2v) is 4.71. The lowest BCUT2D eigenvalue weighted by Gasteiger charge is -2.29. The zero-order valence-electron chi connectivity index (χ0n) is 10.5. The normalized spacial score (nSPS) is 15.8. The van der Waals surface area contributed by atoms with Gasteiger partial charge in [-0.05, 0) is 40.0 Å². The van der Waals surface area contributed by atoms with Gasteiger partial charge in [-0.25, -0.2) is 4.79 Å². The predicted octanol–water partition coefficient (Wildman–Crippen LogP) is 3.10. The molecular weight excluding hydrogens is 206 g/mol. The van der Waals surface area contributed by atoms with Gasteiger partial charge in [-0.2, -0.15) is 0 Å². The highest BCUT2D eigenvalue weighted by Gasteiger charge is 2.22. The Hall–Kier alpha value is -1.19. The highest BCUT2D eigenvalue weighted by Crippen LogP contribution is 2.14. The number of aliphatic hydroxyl groups excluding tert-OH is 1. The van der Waals surface area contributed by atoms with E-state index in [1.54, 1.807) is 4.90 Å². The minimum absolute atomic E-state index is 0.160. The van der Waals surface area contributed by atoms with Gasteiger partial charge in [0.25, 0.3) is 0 Å². The summed E-state index contributed by atoms with van der Waals surface area (Å²) in [6, 6.07) is 0. The van der Waals surface area contributed by atoms with Crippen LogP contribution in [0.3, 0.4) is 0 Å². The van der Waals surface area contributed by atoms with Crippen LogP contribution >= 0.6 is 0 Å². The van der Waals surface area contributed by atoms with Gasteiger partial charge in [0.2, 0.25) is 0 Å². The molecule has 1 saturated heterocycles. The molecule has 0 atom stereocenters. The van der Waals surface area contributed by atoms with Crippen molar-refractivity contribution < 1.29 is 14.6 Å². The van der Waals surface area contributed by atoms with E-state index in [0.29, 0.717) is 0 Å². The van der Waals surface area contributed by atoms with Crippen LogP contribution < -0.4 is 0 Å². The molecule has 94 valence electrons. The second kappa shape index (κ2) is 7.14. The molecule has 0 aromatic rings. The van der Waals surface area contributed by atoms with Crippen LogP contribution in [0.1, 0.15) is 40.0 Å². The molecule has 16 heavy (non-hydrogen) atoms. The average molecular weight is 229 g/mol. The first-order valence-corrected chi connectivity index (χ1v) is 5.63. The minimum atomic E-state index is -0.367. The Morgan fingerprint density at radius 2 is 1.75 bits per heavy atom. The molecule has 1 rings (SSSR count). The van der Waals surface area contributed by atoms with Gasteiger partial charge in [0.15, 0.2) is 0 Å². The minimum Gasteiger partial charge on any atom is -0.516 e. The third kappa shape index (κ3) is 7.15. The number of carbonyl (C=O) groups excluding carboxylic acids is 1. The number of hydrogen-bond acceptors (Lipinski definition) is 3. The Balaban J connectivity index is 0.000000673. The van der Waals surface area contributed by atoms with Crippen LogP contribution in [-0.4, -0.2) is 34.8 Å². The first-order chi connectivity index (χ1) is 7.40. The fourth-order valence-corrected chi connectivity index (χ4v) is 1.40. The summed E-state index contributed by atoms with van der Waals surface area (Å²) in [5.74, 6) is 0. The van der Waals surface area contributed by atoms with E-state index in [-0.39, 0.29) is 11.7 Å². The van der Waals surface area contributed by atoms with E-state index in [9.17, 15) is 4.79 Å². The number of piperidine rings is 1. The Morgan fingerprint density at radius 3 is 2.12 bits per heavy atom. The van der Waals surface area contributed by atoms with Crippen molar-refractivity contribution in [2.24, 2.45) is 0 Å². The van der Waals surface area contributed by atoms with Crippen molar-refractivity contribution in [1.29, 1.82) is 0 Å². The van der Waals surface area contributed by atoms with Gasteiger partial charge in [0, 0.05) is 13.1 Å². The van der Waals surface area contributed by atoms with Gasteiger partial charge < -0.3 is 14.7 Å². The molecule has 0 radical (unpaired) electrons. The maximum Gasteiger partial charge on any atom is 0.410 e. The molecule has 1 aliphatic heterocycles. The smallest absolute Gasteiger partial charge is 0.410 e. The summed E-state index contributed by atoms with van der Waals surface area (Å²) in [7, 11) is 0. The van der Waals surface area contributed by atoms with Crippen LogP contribution in [0, 0.1) is 0 Å². The van der Waals surface area contributed by atoms with Crippen LogP contribution in [-0.2, 0) is 4.74 Å². The van der Waals surface area contributed by atoms with Crippen LogP contribution in [0.2, 0.25) is 0 Å². The summed E-state index contributed by atoms with van der Waals surface area (Å²) < 4.78 is 5.26. The first-order valence-electron chi connectivity index (χ1n) is 5.63. The third-order valence-corrected chi connectivity index (χ3v) is 2.01. The summed E-state index contributed by atoms with van der Waals surface area (Å²) in [5.41, 5.74) is -0.367. The van der Waals surface area contributed by atoms with E-state index in [2.05, 4.69) is 6.58 Å². The first kappa shape index (κ1) is 14.8. The standard InChI is InChI=1S/C10H19NO2.C2H4O/c1-10(2,3)13-9(12)11-7-5-4-6-8-11;1-2-3/h4-8H2,1-3H3;2-3H,1H2. The fourth-order valence-electron chi connectivity index (χ4n) is 1.40. The Labute approximate surface area is 97.9 Å². The van der Waals surface area contributed by atoms with E-state index in [4.69, 9.17) is 9.84 Å². The number of likely N-dealkylation sites (tertiary alicyclic amines) is 1. The van der Waals surface area contributed by atoms with Gasteiger partial charge in [-0.3, -0.25) is 0 Å². The monoisotopic (exact) mass is 229 g/mol. The molecule has 0 aromatic heterocycles. The maximum absolute atomic E-state index is 11.5. The third-order valence-electron chi connectivity index (χ3n) is 2.01. The molecule has 0 aliphatic carbocycles. The molecule has 0 aromatic carbocycles. The number of amides is 1. The molecule has 1 aliphatic rings. The zero-order valence-corrected chi connectivity index (χ0v) is 10.5. The quantitative estimate of drug-likeness (QED) is 0.649. The summed E-state index contributed by atoms with van der Waals surface area (Å²) in [6.45, 7) is 10.3. The van der Waals surface area contributed by atoms with E-state index >= 15 is 0 Å². The van der Waals surface area contributed by atoms with Crippen LogP contribution in [0.4, 0.5) is 4.79 Å². The van der Waals surface area contributed by atoms with Gasteiger partial charge in [0.1, 0.15) is 5.60 Å². The van der Waals surface area contributed by atoms with Crippen LogP contribution in [0.25, 0.3) is 0 Å². The van der Waals surface area contributed by atoms with E-state index in [1.807, 2.05) is 20.8 Å². The van der Waals surface area contributed by atoms with Gasteiger partial charge >= 0.3 is 6.09 Å². The lowest BCUT2D eigenvalue weighted by Crippen LogP contribution is -2.39. The van der Waals surface area contributed by atoms with Crippen molar-refractivity contribution in [1.82, 2.24) is 4.90 Å². The van der Waals surface area contributed by atoms with Crippen LogP contribution in [0.5, 0.6) is 0 Å². The number of carbonyl (C=O) groups is 1. The molecule has 4 heteroatoms. The SMILES string of the molecule is C=CO.CC(C)(C)OC(=O)N1CCCCC1. The summed E-state index contributed by atoms with van der Waals surface area (Å²) in [4.78, 5) is 13.3. The molecule has 0 spiro atoms. The molecule has 0 unspecified atom stereocenters. The van der Waals surface area contributed by atoms with E-state index in [1.165, 1.54) is 6.42 Å². The van der Waals surface area contributed by atoms with Crippen molar-refractivity contribution in [3.63, 3.8) is 0 Å². The number of rotatable bonds is 0. The number of hydrogen-bond donors (Lipinski definition) is 1. The Kier molecular flexibility index (Phi) is 6.61. The van der Waals surface area contributed by atoms with Gasteiger partial charge in [-0.15, -0.1) is 0 Å². The Bertz CT molecular complexity index is 215. The molecule has 1 fully saturated rings. The van der Waals surface area contributed by atoms with Gasteiger partial charge in [-0.1, -0.05) is 6.58 Å². The predicted molar refractivity (Wildman–Crippen MR) is 64.5 cm³/mol. The van der Waals surface area contributed by atoms with Crippen LogP contribution in [0.15, 0.2) is 12.8 Å². The van der Waals surface area contributed by atoms with Crippen molar-refractivity contribution in [3.05, 3.63) is 12.8 Å². The van der Waals surface area contributed by atoms with Crippen molar-refractivity contribution >= 4 is 6.09 Å². The van der Waals surface area contributed by atoms with Crippen molar-refractivity contribution in [3.8, 4) is 0 Å². The molecular formula is C12H23NO3. The van der Waals surface area contributed by atoms with Crippen molar-refractivity contribution in [2.75, 3.05) is 13.1 Å². The molecule has 1 heterocycles. The molecule has 1 N–H and O–H groups in total. The molecule has 4 nitrogen and oxygen atoms in total. The zero-order chi connectivity index (χ0) is 12.6. The highest BCUT2D eigenvalue weighted by molar-refractivity contribution is 5.68. The summed E-state index contributed by atoms with van der Waals surface area (Å²) in [5, 5.41) is 7.33. The lowest BCUT2D eigenvalue weighted by molar-refractivity contribution is 0.0216. The topological polar surface area (TPSA) is 49.8 Å². The number of ether oxygens (including phenoxy) is 1. The Morgan fingerprint density at radius 1 is 1.31 bits per heavy atom. The van der Waals surface area contributed by atoms with Gasteiger partial charge in [0.05, 0.1) is 6.26 Å². The van der Waals surface area contributed by atoms with E-state index in [0.717, 1.165) is 32.2 Å². The average Bonchev–Trinajstić information content (AvgIpc) is 2.18. The highest BCUT2D eigenvalue weighted by atomic mass is 16.6. The maximum atomic E-state index is 11.5. The molecule has 1 amide bonds. The lowest BCUT2D eigenvalue weighted by atomic mass is 10.1. The summed E-state index contributed by atoms with van der Waals surface area (Å²) in [6.07, 6.45) is 4.05.